The number of rotatable bonds is 7. The van der Waals surface area contributed by atoms with Crippen LogP contribution >= 0.6 is 0 Å². The molecule has 2 unspecified atom stereocenters. The van der Waals surface area contributed by atoms with Gasteiger partial charge in [-0.05, 0) is 57.0 Å². The molecule has 0 aromatic rings. The van der Waals surface area contributed by atoms with E-state index in [4.69, 9.17) is 0 Å². The zero-order chi connectivity index (χ0) is 12.3. The molecule has 17 heavy (non-hydrogen) atoms. The number of nitrogens with one attached hydrogen (secondary N) is 1. The number of nitrogens with zero attached hydrogens (tertiary/aromatic N) is 1. The van der Waals surface area contributed by atoms with Crippen LogP contribution in [-0.2, 0) is 0 Å². The Morgan fingerprint density at radius 3 is 2.59 bits per heavy atom. The van der Waals surface area contributed by atoms with E-state index in [2.05, 4.69) is 31.0 Å². The van der Waals surface area contributed by atoms with Crippen molar-refractivity contribution < 1.29 is 0 Å². The van der Waals surface area contributed by atoms with Crippen LogP contribution in [0.2, 0.25) is 0 Å². The van der Waals surface area contributed by atoms with Gasteiger partial charge in [0.05, 0.1) is 0 Å². The Labute approximate surface area is 107 Å². The third-order valence-electron chi connectivity index (χ3n) is 4.46. The molecule has 0 spiro atoms. The van der Waals surface area contributed by atoms with Crippen LogP contribution in [-0.4, -0.2) is 36.6 Å². The molecule has 0 aromatic heterocycles. The zero-order valence-corrected chi connectivity index (χ0v) is 11.9. The summed E-state index contributed by atoms with van der Waals surface area (Å²) in [7, 11) is 0. The highest BCUT2D eigenvalue weighted by Crippen LogP contribution is 2.34. The topological polar surface area (TPSA) is 15.3 Å². The fraction of sp³-hybridized carbons (Fsp3) is 1.00. The molecule has 2 fully saturated rings. The van der Waals surface area contributed by atoms with Gasteiger partial charge in [-0.15, -0.1) is 0 Å². The lowest BCUT2D eigenvalue weighted by Gasteiger charge is -2.31. The molecular formula is C15H30N2. The highest BCUT2D eigenvalue weighted by atomic mass is 15.2. The molecule has 100 valence electrons. The molecule has 1 heterocycles. The van der Waals surface area contributed by atoms with Gasteiger partial charge in [-0.1, -0.05) is 20.8 Å². The van der Waals surface area contributed by atoms with Crippen LogP contribution in [0.25, 0.3) is 0 Å². The van der Waals surface area contributed by atoms with Gasteiger partial charge in [-0.3, -0.25) is 4.90 Å². The first-order chi connectivity index (χ1) is 8.22. The molecule has 0 aromatic carbocycles. The molecule has 1 aliphatic heterocycles. The van der Waals surface area contributed by atoms with E-state index in [1.54, 1.807) is 0 Å². The van der Waals surface area contributed by atoms with Gasteiger partial charge in [-0.2, -0.15) is 0 Å². The summed E-state index contributed by atoms with van der Waals surface area (Å²) < 4.78 is 0. The first kappa shape index (κ1) is 13.4. The van der Waals surface area contributed by atoms with E-state index >= 15 is 0 Å². The summed E-state index contributed by atoms with van der Waals surface area (Å²) >= 11 is 0. The molecule has 1 N–H and O–H groups in total. The molecule has 1 aliphatic carbocycles. The van der Waals surface area contributed by atoms with Crippen LogP contribution in [0.1, 0.15) is 52.9 Å². The maximum atomic E-state index is 3.78. The van der Waals surface area contributed by atoms with Gasteiger partial charge in [0.25, 0.3) is 0 Å². The van der Waals surface area contributed by atoms with Gasteiger partial charge in [0.15, 0.2) is 0 Å². The van der Waals surface area contributed by atoms with Gasteiger partial charge in [0, 0.05) is 18.6 Å². The second-order valence-corrected chi connectivity index (χ2v) is 6.35. The number of likely N-dealkylation sites (tertiary alicyclic amines) is 1. The average Bonchev–Trinajstić information content (AvgIpc) is 3.03. The van der Waals surface area contributed by atoms with Crippen molar-refractivity contribution in [2.75, 3.05) is 19.6 Å². The Morgan fingerprint density at radius 2 is 2.00 bits per heavy atom. The van der Waals surface area contributed by atoms with Crippen molar-refractivity contribution in [2.45, 2.75) is 65.0 Å². The van der Waals surface area contributed by atoms with E-state index in [-0.39, 0.29) is 0 Å². The lowest BCUT2D eigenvalue weighted by atomic mass is 10.0. The lowest BCUT2D eigenvalue weighted by Crippen LogP contribution is -2.45. The molecule has 2 heteroatoms. The summed E-state index contributed by atoms with van der Waals surface area (Å²) in [5.74, 6) is 1.80. The third-order valence-corrected chi connectivity index (χ3v) is 4.46. The summed E-state index contributed by atoms with van der Waals surface area (Å²) in [6, 6.07) is 1.62. The standard InChI is InChI=1S/C15H30N2/c1-4-9-16-14(13-7-8-13)11-17-10-5-6-15(17)12(2)3/h12-16H,4-11H2,1-3H3. The van der Waals surface area contributed by atoms with Crippen LogP contribution in [0.15, 0.2) is 0 Å². The molecule has 2 nitrogen and oxygen atoms in total. The fourth-order valence-corrected chi connectivity index (χ4v) is 3.29. The van der Waals surface area contributed by atoms with Gasteiger partial charge in [-0.25, -0.2) is 0 Å². The van der Waals surface area contributed by atoms with Gasteiger partial charge >= 0.3 is 0 Å². The first-order valence-corrected chi connectivity index (χ1v) is 7.69. The molecule has 0 bridgehead atoms. The average molecular weight is 238 g/mol. The van der Waals surface area contributed by atoms with Crippen molar-refractivity contribution in [1.82, 2.24) is 10.2 Å². The molecule has 0 amide bonds. The maximum Gasteiger partial charge on any atom is 0.0223 e. The fourth-order valence-electron chi connectivity index (χ4n) is 3.29. The van der Waals surface area contributed by atoms with Crippen LogP contribution in [0.3, 0.4) is 0 Å². The first-order valence-electron chi connectivity index (χ1n) is 7.69. The molecule has 2 aliphatic rings. The molecular weight excluding hydrogens is 208 g/mol. The van der Waals surface area contributed by atoms with Crippen LogP contribution in [0.4, 0.5) is 0 Å². The van der Waals surface area contributed by atoms with Crippen molar-refractivity contribution >= 4 is 0 Å². The minimum Gasteiger partial charge on any atom is -0.312 e. The van der Waals surface area contributed by atoms with Gasteiger partial charge in [0.1, 0.15) is 0 Å². The van der Waals surface area contributed by atoms with Crippen LogP contribution in [0.5, 0.6) is 0 Å². The van der Waals surface area contributed by atoms with E-state index in [1.807, 2.05) is 0 Å². The van der Waals surface area contributed by atoms with Crippen LogP contribution < -0.4 is 5.32 Å². The smallest absolute Gasteiger partial charge is 0.0223 e. The summed E-state index contributed by atoms with van der Waals surface area (Å²) in [4.78, 5) is 2.76. The Morgan fingerprint density at radius 1 is 1.24 bits per heavy atom. The Balaban J connectivity index is 1.83. The van der Waals surface area contributed by atoms with Crippen molar-refractivity contribution in [3.63, 3.8) is 0 Å². The maximum absolute atomic E-state index is 3.78. The van der Waals surface area contributed by atoms with E-state index in [9.17, 15) is 0 Å². The minimum atomic E-state index is 0.772. The van der Waals surface area contributed by atoms with Crippen molar-refractivity contribution in [1.29, 1.82) is 0 Å². The Hall–Kier alpha value is -0.0800. The largest absolute Gasteiger partial charge is 0.312 e. The van der Waals surface area contributed by atoms with Gasteiger partial charge in [0.2, 0.25) is 0 Å². The summed E-state index contributed by atoms with van der Waals surface area (Å²) in [5, 5.41) is 3.78. The zero-order valence-electron chi connectivity index (χ0n) is 11.9. The lowest BCUT2D eigenvalue weighted by molar-refractivity contribution is 0.179. The third kappa shape index (κ3) is 3.69. The van der Waals surface area contributed by atoms with Crippen LogP contribution in [0, 0.1) is 11.8 Å². The van der Waals surface area contributed by atoms with Crippen molar-refractivity contribution in [3.05, 3.63) is 0 Å². The minimum absolute atomic E-state index is 0.772. The normalized spacial score (nSPS) is 27.9. The van der Waals surface area contributed by atoms with Gasteiger partial charge < -0.3 is 5.32 Å². The second-order valence-electron chi connectivity index (χ2n) is 6.35. The molecule has 2 atom stereocenters. The summed E-state index contributed by atoms with van der Waals surface area (Å²) in [6.07, 6.45) is 7.01. The van der Waals surface area contributed by atoms with E-state index in [0.29, 0.717) is 0 Å². The Kier molecular flexibility index (Phi) is 4.87. The summed E-state index contributed by atoms with van der Waals surface area (Å²) in [5.41, 5.74) is 0. The predicted molar refractivity (Wildman–Crippen MR) is 74.2 cm³/mol. The summed E-state index contributed by atoms with van der Waals surface area (Å²) in [6.45, 7) is 10.9. The molecule has 2 rings (SSSR count). The monoisotopic (exact) mass is 238 g/mol. The SMILES string of the molecule is CCCNC(CN1CCCC1C(C)C)C1CC1. The molecule has 1 saturated carbocycles. The highest BCUT2D eigenvalue weighted by Gasteiger charge is 2.35. The molecule has 1 saturated heterocycles. The van der Waals surface area contributed by atoms with Crippen molar-refractivity contribution in [3.8, 4) is 0 Å². The predicted octanol–water partition coefficient (Wildman–Crippen LogP) is 2.89. The Bertz CT molecular complexity index is 223. The van der Waals surface area contributed by atoms with E-state index in [1.165, 1.54) is 51.7 Å². The molecule has 0 radical (unpaired) electrons. The van der Waals surface area contributed by atoms with E-state index < -0.39 is 0 Å². The number of hydrogen-bond donors (Lipinski definition) is 1. The highest BCUT2D eigenvalue weighted by molar-refractivity contribution is 4.91. The second kappa shape index (κ2) is 6.19. The van der Waals surface area contributed by atoms with Crippen molar-refractivity contribution in [2.24, 2.45) is 11.8 Å². The quantitative estimate of drug-likeness (QED) is 0.733. The van der Waals surface area contributed by atoms with E-state index in [0.717, 1.165) is 23.9 Å². The number of hydrogen-bond acceptors (Lipinski definition) is 2.